The minimum atomic E-state index is -4.63. The number of benzene rings is 1. The fraction of sp³-hybridized carbons (Fsp3) is 0.250. The minimum absolute atomic E-state index is 0.0348. The lowest BCUT2D eigenvalue weighted by atomic mass is 10.3. The molecule has 0 atom stereocenters. The highest BCUT2D eigenvalue weighted by atomic mass is 32.3. The highest BCUT2D eigenvalue weighted by Gasteiger charge is 2.16. The van der Waals surface area contributed by atoms with Crippen LogP contribution >= 0.6 is 0 Å². The first-order chi connectivity index (χ1) is 7.71. The van der Waals surface area contributed by atoms with E-state index in [0.29, 0.717) is 0 Å². The van der Waals surface area contributed by atoms with Gasteiger partial charge in [0.2, 0.25) is 0 Å². The summed E-state index contributed by atoms with van der Waals surface area (Å²) in [7, 11) is -8.31. The van der Waals surface area contributed by atoms with E-state index in [0.717, 1.165) is 0 Å². The van der Waals surface area contributed by atoms with E-state index in [2.05, 4.69) is 4.18 Å². The van der Waals surface area contributed by atoms with Crippen molar-refractivity contribution in [1.82, 2.24) is 5.73 Å². The fourth-order valence-corrected chi connectivity index (χ4v) is 2.52. The molecular formula is C8H10NO6S2. The van der Waals surface area contributed by atoms with Crippen molar-refractivity contribution in [3.8, 4) is 0 Å². The summed E-state index contributed by atoms with van der Waals surface area (Å²) in [5.41, 5.74) is 7.35. The lowest BCUT2D eigenvalue weighted by molar-refractivity contribution is 0.284. The summed E-state index contributed by atoms with van der Waals surface area (Å²) in [6.07, 6.45) is 0. The quantitative estimate of drug-likeness (QED) is 0.768. The van der Waals surface area contributed by atoms with Gasteiger partial charge in [0.25, 0.3) is 0 Å². The van der Waals surface area contributed by atoms with Gasteiger partial charge in [-0.1, -0.05) is 0 Å². The maximum Gasteiger partial charge on any atom is 0.397 e. The zero-order chi connectivity index (χ0) is 13.1. The molecule has 0 bridgehead atoms. The molecule has 1 aromatic rings. The van der Waals surface area contributed by atoms with E-state index >= 15 is 0 Å². The number of nitrogens with one attached hydrogen (secondary N) is 1. The van der Waals surface area contributed by atoms with E-state index in [9.17, 15) is 16.8 Å². The molecule has 1 rings (SSSR count). The smallest absolute Gasteiger partial charge is 0.301 e. The highest BCUT2D eigenvalue weighted by Crippen LogP contribution is 2.14. The van der Waals surface area contributed by atoms with Gasteiger partial charge in [-0.3, -0.25) is 4.55 Å². The lowest BCUT2D eigenvalue weighted by Crippen LogP contribution is -2.15. The number of sulfone groups is 1. The van der Waals surface area contributed by atoms with Crippen LogP contribution in [-0.2, 0) is 24.4 Å². The molecule has 0 saturated heterocycles. The third kappa shape index (κ3) is 4.69. The van der Waals surface area contributed by atoms with Crippen molar-refractivity contribution in [2.24, 2.45) is 0 Å². The maximum atomic E-state index is 11.6. The molecule has 7 nitrogen and oxygen atoms in total. The molecule has 0 aliphatic rings. The summed E-state index contributed by atoms with van der Waals surface area (Å²) in [5.74, 6) is -0.579. The van der Waals surface area contributed by atoms with Crippen molar-refractivity contribution in [2.45, 2.75) is 4.90 Å². The molecule has 2 N–H and O–H groups in total. The van der Waals surface area contributed by atoms with Crippen molar-refractivity contribution < 1.29 is 25.6 Å². The van der Waals surface area contributed by atoms with Gasteiger partial charge in [0, 0.05) is 0 Å². The van der Waals surface area contributed by atoms with E-state index in [1.54, 1.807) is 0 Å². The van der Waals surface area contributed by atoms with Gasteiger partial charge in [-0.2, -0.15) is 8.42 Å². The lowest BCUT2D eigenvalue weighted by Gasteiger charge is -2.04. The monoisotopic (exact) mass is 280 g/mol. The molecule has 0 fully saturated rings. The molecule has 0 aromatic heterocycles. The van der Waals surface area contributed by atoms with Gasteiger partial charge >= 0.3 is 10.4 Å². The Kier molecular flexibility index (Phi) is 4.09. The Morgan fingerprint density at radius 3 is 2.12 bits per heavy atom. The van der Waals surface area contributed by atoms with Crippen LogP contribution in [0.4, 0.5) is 5.69 Å². The first-order valence-corrected chi connectivity index (χ1v) is 7.39. The third-order valence-electron chi connectivity index (χ3n) is 1.80. The highest BCUT2D eigenvalue weighted by molar-refractivity contribution is 7.91. The van der Waals surface area contributed by atoms with Gasteiger partial charge < -0.3 is 5.73 Å². The SMILES string of the molecule is [NH]c1ccc(S(=O)(=O)CCOS(=O)(=O)O)cc1. The van der Waals surface area contributed by atoms with Crippen LogP contribution < -0.4 is 5.73 Å². The Balaban J connectivity index is 2.73. The van der Waals surface area contributed by atoms with Crippen molar-refractivity contribution in [3.63, 3.8) is 0 Å². The second kappa shape index (κ2) is 5.00. The molecule has 1 radical (unpaired) electrons. The van der Waals surface area contributed by atoms with E-state index in [-0.39, 0.29) is 10.6 Å². The summed E-state index contributed by atoms with van der Waals surface area (Å²) < 4.78 is 55.8. The zero-order valence-corrected chi connectivity index (χ0v) is 10.2. The van der Waals surface area contributed by atoms with E-state index < -0.39 is 32.6 Å². The van der Waals surface area contributed by atoms with Gasteiger partial charge in [-0.05, 0) is 24.3 Å². The molecule has 0 aliphatic carbocycles. The van der Waals surface area contributed by atoms with Crippen LogP contribution in [-0.4, -0.2) is 33.7 Å². The number of hydrogen-bond acceptors (Lipinski definition) is 5. The third-order valence-corrected chi connectivity index (χ3v) is 3.96. The van der Waals surface area contributed by atoms with Gasteiger partial charge in [0.05, 0.1) is 22.9 Å². The molecule has 0 saturated carbocycles. The van der Waals surface area contributed by atoms with Gasteiger partial charge in [-0.15, -0.1) is 0 Å². The summed E-state index contributed by atoms with van der Waals surface area (Å²) >= 11 is 0. The average Bonchev–Trinajstić information content (AvgIpc) is 2.15. The van der Waals surface area contributed by atoms with Crippen LogP contribution in [0.2, 0.25) is 0 Å². The number of hydrogen-bond donors (Lipinski definition) is 1. The van der Waals surface area contributed by atoms with Gasteiger partial charge in [0.1, 0.15) is 0 Å². The molecule has 9 heteroatoms. The zero-order valence-electron chi connectivity index (χ0n) is 8.53. The second-order valence-electron chi connectivity index (χ2n) is 3.09. The van der Waals surface area contributed by atoms with Gasteiger partial charge in [-0.25, -0.2) is 12.6 Å². The van der Waals surface area contributed by atoms with E-state index in [4.69, 9.17) is 10.3 Å². The number of rotatable bonds is 5. The van der Waals surface area contributed by atoms with E-state index in [1.807, 2.05) is 0 Å². The van der Waals surface area contributed by atoms with Gasteiger partial charge in [0.15, 0.2) is 9.84 Å². The Labute approximate surface area is 99.1 Å². The molecule has 0 spiro atoms. The van der Waals surface area contributed by atoms with Crippen molar-refractivity contribution in [2.75, 3.05) is 12.4 Å². The molecule has 0 amide bonds. The Bertz CT molecular complexity index is 575. The van der Waals surface area contributed by atoms with E-state index in [1.165, 1.54) is 24.3 Å². The topological polar surface area (TPSA) is 122 Å². The standard InChI is InChI=1S/C8H10NO6S2/c9-7-1-3-8(4-2-7)16(10,11)6-5-15-17(12,13)14/h1-4,9H,5-6H2,(H,12,13,14). The first kappa shape index (κ1) is 13.9. The summed E-state index contributed by atoms with van der Waals surface area (Å²) in [6, 6.07) is 5.09. The normalized spacial score (nSPS) is 12.5. The predicted molar refractivity (Wildman–Crippen MR) is 58.8 cm³/mol. The molecular weight excluding hydrogens is 270 g/mol. The first-order valence-electron chi connectivity index (χ1n) is 4.37. The molecule has 0 unspecified atom stereocenters. The van der Waals surface area contributed by atoms with Crippen LogP contribution in [0.5, 0.6) is 0 Å². The van der Waals surface area contributed by atoms with Crippen LogP contribution in [0.15, 0.2) is 29.2 Å². The summed E-state index contributed by atoms with van der Waals surface area (Å²) in [4.78, 5) is -0.0348. The van der Waals surface area contributed by atoms with Crippen molar-refractivity contribution in [3.05, 3.63) is 24.3 Å². The fourth-order valence-electron chi connectivity index (χ4n) is 1.03. The Morgan fingerprint density at radius 1 is 1.12 bits per heavy atom. The Morgan fingerprint density at radius 2 is 1.65 bits per heavy atom. The maximum absolute atomic E-state index is 11.6. The van der Waals surface area contributed by atoms with Crippen LogP contribution in [0.25, 0.3) is 0 Å². The summed E-state index contributed by atoms with van der Waals surface area (Å²) in [6.45, 7) is -0.663. The largest absolute Gasteiger partial charge is 0.397 e. The molecule has 1 aromatic carbocycles. The molecule has 0 aliphatic heterocycles. The van der Waals surface area contributed by atoms with Crippen molar-refractivity contribution >= 4 is 25.9 Å². The average molecular weight is 280 g/mol. The van der Waals surface area contributed by atoms with Crippen molar-refractivity contribution in [1.29, 1.82) is 0 Å². The summed E-state index contributed by atoms with van der Waals surface area (Å²) in [5, 5.41) is 0. The Hall–Kier alpha value is -1.16. The molecule has 0 heterocycles. The predicted octanol–water partition coefficient (Wildman–Crippen LogP) is 0.194. The minimum Gasteiger partial charge on any atom is -0.301 e. The second-order valence-corrected chi connectivity index (χ2v) is 6.29. The van der Waals surface area contributed by atoms with Crippen LogP contribution in [0, 0.1) is 0 Å². The van der Waals surface area contributed by atoms with Crippen LogP contribution in [0.3, 0.4) is 0 Å². The molecule has 95 valence electrons. The van der Waals surface area contributed by atoms with Crippen LogP contribution in [0.1, 0.15) is 0 Å². The molecule has 17 heavy (non-hydrogen) atoms.